The minimum absolute atomic E-state index is 0.297. The summed E-state index contributed by atoms with van der Waals surface area (Å²) in [6, 6.07) is 5.02. The average Bonchev–Trinajstić information content (AvgIpc) is 2.59. The van der Waals surface area contributed by atoms with Gasteiger partial charge in [0.05, 0.1) is 25.2 Å². The summed E-state index contributed by atoms with van der Waals surface area (Å²) in [5.74, 6) is -0.276. The highest BCUT2D eigenvalue weighted by Crippen LogP contribution is 2.35. The summed E-state index contributed by atoms with van der Waals surface area (Å²) in [6.45, 7) is 6.48. The van der Waals surface area contributed by atoms with Gasteiger partial charge in [-0.3, -0.25) is 9.59 Å². The summed E-state index contributed by atoms with van der Waals surface area (Å²) in [5, 5.41) is 12.4. The van der Waals surface area contributed by atoms with Crippen molar-refractivity contribution in [3.05, 3.63) is 23.8 Å². The van der Waals surface area contributed by atoms with E-state index in [0.717, 1.165) is 12.8 Å². The van der Waals surface area contributed by atoms with Crippen LogP contribution in [0.5, 0.6) is 11.5 Å². The molecule has 6 heteroatoms. The molecule has 1 saturated carbocycles. The summed E-state index contributed by atoms with van der Waals surface area (Å²) in [4.78, 5) is 24.3. The van der Waals surface area contributed by atoms with Crippen LogP contribution >= 0.6 is 0 Å². The number of nitrogens with one attached hydrogen (secondary N) is 1. The number of rotatable bonds is 7. The summed E-state index contributed by atoms with van der Waals surface area (Å²) >= 11 is 0. The normalized spacial score (nSPS) is 22.7. The molecule has 0 heterocycles. The molecular weight excluding hydrogens is 334 g/mol. The predicted molar refractivity (Wildman–Crippen MR) is 98.8 cm³/mol. The van der Waals surface area contributed by atoms with Crippen LogP contribution in [-0.2, 0) is 4.79 Å². The van der Waals surface area contributed by atoms with Crippen LogP contribution < -0.4 is 14.8 Å². The second kappa shape index (κ2) is 8.43. The van der Waals surface area contributed by atoms with Crippen LogP contribution in [-0.4, -0.2) is 36.2 Å². The van der Waals surface area contributed by atoms with Gasteiger partial charge < -0.3 is 19.9 Å². The molecule has 26 heavy (non-hydrogen) atoms. The lowest BCUT2D eigenvalue weighted by molar-refractivity contribution is -0.145. The number of carbonyl (C=O) groups is 2. The van der Waals surface area contributed by atoms with E-state index in [1.165, 1.54) is 7.11 Å². The fourth-order valence-electron chi connectivity index (χ4n) is 3.40. The van der Waals surface area contributed by atoms with Crippen molar-refractivity contribution in [3.63, 3.8) is 0 Å². The van der Waals surface area contributed by atoms with Gasteiger partial charge in [0.1, 0.15) is 0 Å². The molecule has 1 aliphatic rings. The molecule has 2 rings (SSSR count). The van der Waals surface area contributed by atoms with Crippen molar-refractivity contribution >= 4 is 11.9 Å². The Morgan fingerprint density at radius 3 is 2.65 bits per heavy atom. The Labute approximate surface area is 154 Å². The Kier molecular flexibility index (Phi) is 6.51. The highest BCUT2D eigenvalue weighted by atomic mass is 16.5. The molecule has 0 saturated heterocycles. The van der Waals surface area contributed by atoms with Crippen molar-refractivity contribution in [1.29, 1.82) is 0 Å². The van der Waals surface area contributed by atoms with Gasteiger partial charge in [0.2, 0.25) is 0 Å². The van der Waals surface area contributed by atoms with Crippen molar-refractivity contribution in [2.45, 2.75) is 52.0 Å². The predicted octanol–water partition coefficient (Wildman–Crippen LogP) is 3.49. The van der Waals surface area contributed by atoms with E-state index in [9.17, 15) is 14.7 Å². The third-order valence-electron chi connectivity index (χ3n) is 4.90. The van der Waals surface area contributed by atoms with Crippen LogP contribution in [0, 0.1) is 11.8 Å². The molecule has 1 amide bonds. The molecule has 0 aromatic heterocycles. The first kappa shape index (κ1) is 20.1. The van der Waals surface area contributed by atoms with E-state index in [2.05, 4.69) is 19.2 Å². The van der Waals surface area contributed by atoms with Crippen LogP contribution in [0.1, 0.15) is 56.8 Å². The highest BCUT2D eigenvalue weighted by Gasteiger charge is 2.42. The van der Waals surface area contributed by atoms with Crippen LogP contribution in [0.15, 0.2) is 18.2 Å². The molecule has 0 bridgehead atoms. The second-order valence-electron chi connectivity index (χ2n) is 7.58. The number of ether oxygens (including phenoxy) is 2. The quantitative estimate of drug-likeness (QED) is 0.774. The molecular formula is C20H29NO5. The van der Waals surface area contributed by atoms with E-state index in [0.29, 0.717) is 42.4 Å². The zero-order chi connectivity index (χ0) is 19.3. The molecule has 6 nitrogen and oxygen atoms in total. The number of carboxylic acid groups (broad SMARTS) is 1. The van der Waals surface area contributed by atoms with Gasteiger partial charge in [0, 0.05) is 5.56 Å². The molecule has 2 unspecified atom stereocenters. The van der Waals surface area contributed by atoms with Crippen LogP contribution in [0.2, 0.25) is 0 Å². The maximum absolute atomic E-state index is 12.7. The van der Waals surface area contributed by atoms with Crippen molar-refractivity contribution in [2.24, 2.45) is 11.8 Å². The largest absolute Gasteiger partial charge is 0.493 e. The monoisotopic (exact) mass is 363 g/mol. The molecule has 1 fully saturated rings. The molecule has 1 aliphatic carbocycles. The third-order valence-corrected chi connectivity index (χ3v) is 4.90. The van der Waals surface area contributed by atoms with Crippen molar-refractivity contribution in [2.75, 3.05) is 13.7 Å². The Bertz CT molecular complexity index is 658. The lowest BCUT2D eigenvalue weighted by Gasteiger charge is -2.39. The second-order valence-corrected chi connectivity index (χ2v) is 7.58. The minimum atomic E-state index is -0.859. The molecule has 2 atom stereocenters. The number of methoxy groups -OCH3 is 1. The first-order chi connectivity index (χ1) is 12.3. The first-order valence-electron chi connectivity index (χ1n) is 9.13. The number of hydrogen-bond donors (Lipinski definition) is 2. The Morgan fingerprint density at radius 1 is 1.31 bits per heavy atom. The van der Waals surface area contributed by atoms with E-state index in [-0.39, 0.29) is 5.91 Å². The number of hydrogen-bond acceptors (Lipinski definition) is 4. The molecule has 0 spiro atoms. The Morgan fingerprint density at radius 2 is 2.04 bits per heavy atom. The van der Waals surface area contributed by atoms with Gasteiger partial charge in [-0.15, -0.1) is 0 Å². The summed E-state index contributed by atoms with van der Waals surface area (Å²) in [5.41, 5.74) is -0.323. The number of carboxylic acids is 1. The lowest BCUT2D eigenvalue weighted by atomic mass is 9.73. The molecule has 144 valence electrons. The number of benzene rings is 1. The fourth-order valence-corrected chi connectivity index (χ4v) is 3.40. The Balaban J connectivity index is 2.17. The summed E-state index contributed by atoms with van der Waals surface area (Å²) < 4.78 is 11.1. The van der Waals surface area contributed by atoms with Crippen molar-refractivity contribution in [3.8, 4) is 11.5 Å². The molecule has 0 radical (unpaired) electrons. The molecule has 2 N–H and O–H groups in total. The Hall–Kier alpha value is -2.24. The van der Waals surface area contributed by atoms with Gasteiger partial charge in [-0.05, 0) is 43.9 Å². The van der Waals surface area contributed by atoms with E-state index in [4.69, 9.17) is 9.47 Å². The van der Waals surface area contributed by atoms with Gasteiger partial charge in [-0.1, -0.05) is 26.7 Å². The number of amides is 1. The molecule has 0 aliphatic heterocycles. The highest BCUT2D eigenvalue weighted by molar-refractivity contribution is 5.95. The molecule has 1 aromatic carbocycles. The summed E-state index contributed by atoms with van der Waals surface area (Å²) in [6.07, 6.45) is 3.02. The SMILES string of the molecule is COc1cc(C(=O)NC2(C)CCCCC2C(=O)O)ccc1OCC(C)C. The zero-order valence-electron chi connectivity index (χ0n) is 16.0. The third kappa shape index (κ3) is 4.68. The van der Waals surface area contributed by atoms with Crippen molar-refractivity contribution in [1.82, 2.24) is 5.32 Å². The standard InChI is InChI=1S/C20H29NO5/c1-13(2)12-26-16-9-8-14(11-17(16)25-4)18(22)21-20(3)10-6-5-7-15(20)19(23)24/h8-9,11,13,15H,5-7,10,12H2,1-4H3,(H,21,22)(H,23,24). The first-order valence-corrected chi connectivity index (χ1v) is 9.13. The zero-order valence-corrected chi connectivity index (χ0v) is 16.0. The van der Waals surface area contributed by atoms with Crippen LogP contribution in [0.3, 0.4) is 0 Å². The van der Waals surface area contributed by atoms with Gasteiger partial charge in [0.25, 0.3) is 5.91 Å². The average molecular weight is 363 g/mol. The van der Waals surface area contributed by atoms with E-state index in [1.807, 2.05) is 6.92 Å². The number of aliphatic carboxylic acids is 1. The van der Waals surface area contributed by atoms with E-state index >= 15 is 0 Å². The topological polar surface area (TPSA) is 84.9 Å². The minimum Gasteiger partial charge on any atom is -0.493 e. The van der Waals surface area contributed by atoms with Gasteiger partial charge in [-0.25, -0.2) is 0 Å². The maximum atomic E-state index is 12.7. The lowest BCUT2D eigenvalue weighted by Crippen LogP contribution is -2.55. The van der Waals surface area contributed by atoms with Crippen LogP contribution in [0.25, 0.3) is 0 Å². The van der Waals surface area contributed by atoms with Gasteiger partial charge in [0.15, 0.2) is 11.5 Å². The van der Waals surface area contributed by atoms with Crippen LogP contribution in [0.4, 0.5) is 0 Å². The fraction of sp³-hybridized carbons (Fsp3) is 0.600. The van der Waals surface area contributed by atoms with E-state index in [1.54, 1.807) is 18.2 Å². The van der Waals surface area contributed by atoms with Gasteiger partial charge in [-0.2, -0.15) is 0 Å². The van der Waals surface area contributed by atoms with Gasteiger partial charge >= 0.3 is 5.97 Å². The van der Waals surface area contributed by atoms with Crippen molar-refractivity contribution < 1.29 is 24.2 Å². The molecule has 1 aromatic rings. The smallest absolute Gasteiger partial charge is 0.308 e. The maximum Gasteiger partial charge on any atom is 0.308 e. The van der Waals surface area contributed by atoms with E-state index < -0.39 is 17.4 Å². The number of carbonyl (C=O) groups excluding carboxylic acids is 1. The summed E-state index contributed by atoms with van der Waals surface area (Å²) in [7, 11) is 1.53.